The van der Waals surface area contributed by atoms with Crippen molar-refractivity contribution >= 4 is 54.7 Å². The van der Waals surface area contributed by atoms with Gasteiger partial charge in [-0.05, 0) is 87.2 Å². The molecule has 2 saturated heterocycles. The fraction of sp³-hybridized carbons (Fsp3) is 0.769. The normalized spacial score (nSPS) is 51.4. The number of carbonyl (C=O) groups excluding carboxylic acids is 2. The molecule has 2 heterocycles. The zero-order valence-corrected chi connectivity index (χ0v) is 22.2. The lowest BCUT2D eigenvalue weighted by Crippen LogP contribution is -2.62. The number of hydrogen-bond acceptors (Lipinski definition) is 6. The number of allylic oxidation sites excluding steroid dienone is 4. The summed E-state index contributed by atoms with van der Waals surface area (Å²) in [6, 6.07) is 0. The van der Waals surface area contributed by atoms with Crippen molar-refractivity contribution in [2.24, 2.45) is 47.3 Å². The van der Waals surface area contributed by atoms with E-state index in [1.54, 1.807) is 0 Å². The van der Waals surface area contributed by atoms with Gasteiger partial charge in [0, 0.05) is 32.8 Å². The Kier molecular flexibility index (Phi) is 6.39. The van der Waals surface area contributed by atoms with Crippen molar-refractivity contribution in [1.82, 2.24) is 0 Å². The van der Waals surface area contributed by atoms with Crippen molar-refractivity contribution in [3.63, 3.8) is 0 Å². The quantitative estimate of drug-likeness (QED) is 0.306. The molecule has 0 aromatic heterocycles. The molecule has 6 aliphatic rings. The van der Waals surface area contributed by atoms with E-state index in [1.165, 1.54) is 25.7 Å². The van der Waals surface area contributed by atoms with E-state index >= 15 is 0 Å². The minimum atomic E-state index is 0.109. The van der Waals surface area contributed by atoms with Crippen molar-refractivity contribution in [3.05, 3.63) is 24.3 Å². The van der Waals surface area contributed by atoms with Gasteiger partial charge in [0.05, 0.1) is 0 Å². The number of ketones is 2. The maximum atomic E-state index is 13.3. The summed E-state index contributed by atoms with van der Waals surface area (Å²) in [5, 5.41) is 2.68. The third-order valence-corrected chi connectivity index (χ3v) is 16.6. The Morgan fingerprint density at radius 2 is 1.00 bits per heavy atom. The van der Waals surface area contributed by atoms with Crippen LogP contribution in [-0.2, 0) is 9.59 Å². The summed E-state index contributed by atoms with van der Waals surface area (Å²) < 4.78 is 0. The van der Waals surface area contributed by atoms with Gasteiger partial charge in [0.25, 0.3) is 0 Å². The topological polar surface area (TPSA) is 34.1 Å². The highest BCUT2D eigenvalue weighted by molar-refractivity contribution is 8.78. The Labute approximate surface area is 208 Å². The van der Waals surface area contributed by atoms with E-state index in [0.717, 1.165) is 47.0 Å². The van der Waals surface area contributed by atoms with Crippen LogP contribution in [0.5, 0.6) is 0 Å². The zero-order valence-electron chi connectivity index (χ0n) is 18.9. The first kappa shape index (κ1) is 22.7. The maximum Gasteiger partial charge on any atom is 0.158 e. The molecule has 0 amide bonds. The predicted molar refractivity (Wildman–Crippen MR) is 141 cm³/mol. The van der Waals surface area contributed by atoms with Crippen molar-refractivity contribution < 1.29 is 9.59 Å². The van der Waals surface area contributed by atoms with Gasteiger partial charge in [-0.25, -0.2) is 0 Å². The van der Waals surface area contributed by atoms with E-state index < -0.39 is 0 Å². The monoisotopic (exact) mass is 506 g/mol. The molecule has 0 radical (unpaired) electrons. The molecule has 2 nitrogen and oxygen atoms in total. The fourth-order valence-electron chi connectivity index (χ4n) is 8.54. The molecule has 32 heavy (non-hydrogen) atoms. The molecule has 0 bridgehead atoms. The van der Waals surface area contributed by atoms with Crippen LogP contribution >= 0.6 is 43.2 Å². The van der Waals surface area contributed by atoms with Gasteiger partial charge in [0.2, 0.25) is 0 Å². The molecule has 0 aromatic carbocycles. The van der Waals surface area contributed by atoms with Crippen LogP contribution in [0, 0.1) is 47.3 Å². The standard InChI is InChI=1S/C26H34O2S4/c1-3-7-17(27)15-11-12-16(18(28)8-4-2)20-19(15)25-21-22-24(30-32-26(20)22)14-10-6-5-9-13(14)23(21)29-31-25/h3-4,7-8,13-16,19-26H,5-6,9-12H2,1-2H3/b7-3-,8-4-. The molecule has 0 spiro atoms. The van der Waals surface area contributed by atoms with E-state index in [9.17, 15) is 9.59 Å². The van der Waals surface area contributed by atoms with E-state index in [4.69, 9.17) is 0 Å². The van der Waals surface area contributed by atoms with Crippen LogP contribution in [-0.4, -0.2) is 32.6 Å². The number of hydrogen-bond donors (Lipinski definition) is 0. The first-order valence-corrected chi connectivity index (χ1v) is 17.2. The third kappa shape index (κ3) is 3.32. The van der Waals surface area contributed by atoms with Crippen molar-refractivity contribution in [2.75, 3.05) is 0 Å². The lowest BCUT2D eigenvalue weighted by atomic mass is 9.49. The van der Waals surface area contributed by atoms with Gasteiger partial charge in [-0.2, -0.15) is 0 Å². The average molecular weight is 507 g/mol. The largest absolute Gasteiger partial charge is 0.295 e. The minimum Gasteiger partial charge on any atom is -0.295 e. The molecular weight excluding hydrogens is 473 g/mol. The molecule has 0 aromatic rings. The van der Waals surface area contributed by atoms with Crippen LogP contribution in [0.4, 0.5) is 0 Å². The molecule has 4 aliphatic carbocycles. The van der Waals surface area contributed by atoms with Gasteiger partial charge in [0.1, 0.15) is 0 Å². The highest BCUT2D eigenvalue weighted by Gasteiger charge is 2.69. The molecule has 12 atom stereocenters. The van der Waals surface area contributed by atoms with Crippen molar-refractivity contribution in [1.29, 1.82) is 0 Å². The average Bonchev–Trinajstić information content (AvgIpc) is 3.43. The molecule has 0 N–H and O–H groups in total. The second kappa shape index (κ2) is 9.02. The van der Waals surface area contributed by atoms with Gasteiger partial charge in [-0.1, -0.05) is 68.2 Å². The van der Waals surface area contributed by atoms with Crippen LogP contribution < -0.4 is 0 Å². The predicted octanol–water partition coefficient (Wildman–Crippen LogP) is 6.87. The molecule has 6 heteroatoms. The molecule has 174 valence electrons. The SMILES string of the molecule is C/C=C\C(=O)C1CCC(C(=O)/C=C\C)C2C3SSC4C5CCCCC5C5SSC(C12)C5C43. The van der Waals surface area contributed by atoms with Crippen LogP contribution in [0.1, 0.15) is 52.4 Å². The Bertz CT molecular complexity index is 772. The summed E-state index contributed by atoms with van der Waals surface area (Å²) in [5.41, 5.74) is 0. The first-order chi connectivity index (χ1) is 15.7. The highest BCUT2D eigenvalue weighted by Crippen LogP contribution is 2.75. The fourth-order valence-corrected chi connectivity index (χ4v) is 17.8. The van der Waals surface area contributed by atoms with E-state index in [1.807, 2.05) is 38.2 Å². The first-order valence-electron chi connectivity index (χ1n) is 12.6. The third-order valence-electron chi connectivity index (χ3n) is 9.55. The molecular formula is C26H34O2S4. The van der Waals surface area contributed by atoms with E-state index in [2.05, 4.69) is 43.2 Å². The number of carbonyl (C=O) groups is 2. The zero-order chi connectivity index (χ0) is 22.0. The van der Waals surface area contributed by atoms with Gasteiger partial charge in [-0.15, -0.1) is 0 Å². The van der Waals surface area contributed by atoms with Gasteiger partial charge >= 0.3 is 0 Å². The summed E-state index contributed by atoms with van der Waals surface area (Å²) in [5.74, 6) is 4.87. The Balaban J connectivity index is 1.43. The van der Waals surface area contributed by atoms with Gasteiger partial charge in [0.15, 0.2) is 11.6 Å². The summed E-state index contributed by atoms with van der Waals surface area (Å²) in [4.78, 5) is 26.6. The van der Waals surface area contributed by atoms with Crippen LogP contribution in [0.3, 0.4) is 0 Å². The molecule has 2 aliphatic heterocycles. The van der Waals surface area contributed by atoms with Crippen LogP contribution in [0.15, 0.2) is 24.3 Å². The van der Waals surface area contributed by atoms with Crippen LogP contribution in [0.25, 0.3) is 0 Å². The van der Waals surface area contributed by atoms with Crippen molar-refractivity contribution in [2.45, 2.75) is 73.4 Å². The van der Waals surface area contributed by atoms with Crippen molar-refractivity contribution in [3.8, 4) is 0 Å². The van der Waals surface area contributed by atoms with E-state index in [-0.39, 0.29) is 11.8 Å². The second-order valence-electron chi connectivity index (χ2n) is 10.8. The number of fused-ring (bicyclic) bond motifs is 6. The Morgan fingerprint density at radius 1 is 0.594 bits per heavy atom. The summed E-state index contributed by atoms with van der Waals surface area (Å²) in [6.07, 6.45) is 14.9. The minimum absolute atomic E-state index is 0.109. The van der Waals surface area contributed by atoms with Gasteiger partial charge < -0.3 is 0 Å². The molecule has 6 rings (SSSR count). The lowest BCUT2D eigenvalue weighted by Gasteiger charge is -2.58. The van der Waals surface area contributed by atoms with Crippen LogP contribution in [0.2, 0.25) is 0 Å². The summed E-state index contributed by atoms with van der Waals surface area (Å²) >= 11 is 0. The molecule has 12 unspecified atom stereocenters. The molecule has 6 fully saturated rings. The second-order valence-corrected chi connectivity index (χ2v) is 16.0. The highest BCUT2D eigenvalue weighted by atomic mass is 33.1. The summed E-state index contributed by atoms with van der Waals surface area (Å²) in [6.45, 7) is 3.92. The molecule has 4 saturated carbocycles. The Hall–Kier alpha value is 0.220. The number of rotatable bonds is 4. The smallest absolute Gasteiger partial charge is 0.158 e. The maximum absolute atomic E-state index is 13.3. The Morgan fingerprint density at radius 3 is 1.41 bits per heavy atom. The summed E-state index contributed by atoms with van der Waals surface area (Å²) in [7, 11) is 8.66. The van der Waals surface area contributed by atoms with E-state index in [0.29, 0.717) is 33.9 Å². The lowest BCUT2D eigenvalue weighted by molar-refractivity contribution is -0.132. The van der Waals surface area contributed by atoms with Gasteiger partial charge in [-0.3, -0.25) is 9.59 Å².